The van der Waals surface area contributed by atoms with Gasteiger partial charge in [-0.1, -0.05) is 48.5 Å². The molecule has 0 bridgehead atoms. The zero-order valence-electron chi connectivity index (χ0n) is 20.4. The number of phenols is 1. The fourth-order valence-electron chi connectivity index (χ4n) is 4.96. The second kappa shape index (κ2) is 8.77. The molecule has 186 valence electrons. The molecule has 0 saturated carbocycles. The van der Waals surface area contributed by atoms with E-state index in [-0.39, 0.29) is 18.3 Å². The average Bonchev–Trinajstić information content (AvgIpc) is 3.38. The number of hydrogen-bond donors (Lipinski definition) is 1. The maximum Gasteiger partial charge on any atom is 0.228 e. The van der Waals surface area contributed by atoms with Crippen LogP contribution in [-0.4, -0.2) is 31.8 Å². The van der Waals surface area contributed by atoms with Crippen molar-refractivity contribution in [2.75, 3.05) is 7.11 Å². The topological polar surface area (TPSA) is 91.0 Å². The summed E-state index contributed by atoms with van der Waals surface area (Å²) in [4.78, 5) is 9.38. The molecule has 4 aromatic carbocycles. The second-order valence-corrected chi connectivity index (χ2v) is 9.09. The molecule has 8 heteroatoms. The molecule has 1 atom stereocenters. The van der Waals surface area contributed by atoms with Crippen LogP contribution in [0.5, 0.6) is 28.9 Å². The van der Waals surface area contributed by atoms with Crippen LogP contribution in [0.25, 0.3) is 16.4 Å². The molecular weight excluding hydrogens is 480 g/mol. The van der Waals surface area contributed by atoms with Crippen molar-refractivity contribution in [2.45, 2.75) is 12.5 Å². The van der Waals surface area contributed by atoms with E-state index < -0.39 is 0 Å². The number of benzene rings is 4. The minimum atomic E-state index is -0.241. The minimum absolute atomic E-state index is 0.123. The van der Waals surface area contributed by atoms with Gasteiger partial charge in [-0.2, -0.15) is 0 Å². The third-order valence-corrected chi connectivity index (χ3v) is 6.77. The molecule has 0 spiro atoms. The van der Waals surface area contributed by atoms with E-state index in [0.717, 1.165) is 39.0 Å². The molecule has 0 saturated heterocycles. The highest BCUT2D eigenvalue weighted by Crippen LogP contribution is 2.48. The van der Waals surface area contributed by atoms with Crippen LogP contribution in [0.4, 0.5) is 0 Å². The van der Waals surface area contributed by atoms with Crippen LogP contribution in [0.15, 0.2) is 91.3 Å². The second-order valence-electron chi connectivity index (χ2n) is 9.09. The first-order chi connectivity index (χ1) is 18.7. The van der Waals surface area contributed by atoms with E-state index in [4.69, 9.17) is 19.2 Å². The summed E-state index contributed by atoms with van der Waals surface area (Å²) in [5, 5.41) is 17.0. The van der Waals surface area contributed by atoms with Gasteiger partial charge in [0.15, 0.2) is 11.5 Å². The number of rotatable bonds is 5. The van der Waals surface area contributed by atoms with E-state index in [1.54, 1.807) is 30.1 Å². The van der Waals surface area contributed by atoms with Crippen molar-refractivity contribution in [3.8, 4) is 28.9 Å². The van der Waals surface area contributed by atoms with Crippen LogP contribution in [0.2, 0.25) is 0 Å². The van der Waals surface area contributed by atoms with Crippen molar-refractivity contribution in [2.24, 2.45) is 0 Å². The summed E-state index contributed by atoms with van der Waals surface area (Å²) in [5.41, 5.74) is 3.33. The molecule has 1 aliphatic rings. The van der Waals surface area contributed by atoms with Gasteiger partial charge in [0.05, 0.1) is 12.7 Å². The van der Waals surface area contributed by atoms with Crippen molar-refractivity contribution in [3.63, 3.8) is 0 Å². The van der Waals surface area contributed by atoms with Crippen LogP contribution in [0.3, 0.4) is 0 Å². The number of fused-ring (bicyclic) bond motifs is 5. The van der Waals surface area contributed by atoms with Crippen molar-refractivity contribution >= 4 is 16.4 Å². The van der Waals surface area contributed by atoms with Gasteiger partial charge in [-0.05, 0) is 46.7 Å². The van der Waals surface area contributed by atoms with Gasteiger partial charge in [-0.25, -0.2) is 14.5 Å². The van der Waals surface area contributed by atoms with E-state index in [1.165, 1.54) is 0 Å². The third-order valence-electron chi connectivity index (χ3n) is 6.77. The van der Waals surface area contributed by atoms with Crippen LogP contribution in [-0.2, 0) is 6.61 Å². The van der Waals surface area contributed by atoms with Crippen molar-refractivity contribution in [1.82, 2.24) is 19.6 Å². The van der Waals surface area contributed by atoms with E-state index in [2.05, 4.69) is 22.2 Å². The molecule has 0 aliphatic carbocycles. The molecule has 0 unspecified atom stereocenters. The number of nitrogens with zero attached hydrogens (tertiary/aromatic N) is 4. The van der Waals surface area contributed by atoms with E-state index in [9.17, 15) is 5.11 Å². The Morgan fingerprint density at radius 1 is 0.921 bits per heavy atom. The summed E-state index contributed by atoms with van der Waals surface area (Å²) in [6, 6.07) is 27.1. The molecule has 0 fully saturated rings. The van der Waals surface area contributed by atoms with Gasteiger partial charge in [0.2, 0.25) is 5.88 Å². The quantitative estimate of drug-likeness (QED) is 0.315. The number of aromatic nitrogens is 4. The largest absolute Gasteiger partial charge is 0.508 e. The SMILES string of the molecule is COc1ccc([C@H]2c3ccc(O)cc3Oc3ncn4nc(COc5ccc6ccccc6c5)nc4c32)cc1. The molecule has 3 heterocycles. The average molecular weight is 503 g/mol. The Morgan fingerprint density at radius 3 is 2.58 bits per heavy atom. The predicted octanol–water partition coefficient (Wildman–Crippen LogP) is 5.86. The van der Waals surface area contributed by atoms with Crippen LogP contribution >= 0.6 is 0 Å². The van der Waals surface area contributed by atoms with Crippen molar-refractivity contribution in [3.05, 3.63) is 114 Å². The lowest BCUT2D eigenvalue weighted by Crippen LogP contribution is -2.15. The van der Waals surface area contributed by atoms with Gasteiger partial charge in [0.1, 0.15) is 35.9 Å². The summed E-state index contributed by atoms with van der Waals surface area (Å²) >= 11 is 0. The van der Waals surface area contributed by atoms with Gasteiger partial charge in [0.25, 0.3) is 0 Å². The van der Waals surface area contributed by atoms with Crippen LogP contribution in [0.1, 0.15) is 28.4 Å². The Balaban J connectivity index is 1.29. The summed E-state index contributed by atoms with van der Waals surface area (Å²) in [6.07, 6.45) is 1.58. The lowest BCUT2D eigenvalue weighted by molar-refractivity contribution is 0.296. The minimum Gasteiger partial charge on any atom is -0.508 e. The molecule has 8 nitrogen and oxygen atoms in total. The summed E-state index contributed by atoms with van der Waals surface area (Å²) in [7, 11) is 1.64. The maximum absolute atomic E-state index is 10.1. The lowest BCUT2D eigenvalue weighted by atomic mass is 9.84. The number of hydrogen-bond acceptors (Lipinski definition) is 7. The number of methoxy groups -OCH3 is 1. The van der Waals surface area contributed by atoms with Gasteiger partial charge >= 0.3 is 0 Å². The van der Waals surface area contributed by atoms with Crippen molar-refractivity contribution < 1.29 is 19.3 Å². The molecule has 1 aliphatic heterocycles. The Bertz CT molecular complexity index is 1810. The Hall–Kier alpha value is -5.11. The zero-order chi connectivity index (χ0) is 25.6. The maximum atomic E-state index is 10.1. The fraction of sp³-hybridized carbons (Fsp3) is 0.100. The fourth-order valence-corrected chi connectivity index (χ4v) is 4.96. The van der Waals surface area contributed by atoms with E-state index in [0.29, 0.717) is 23.1 Å². The van der Waals surface area contributed by atoms with E-state index in [1.807, 2.05) is 60.7 Å². The standard InChI is InChI=1S/C30H22N4O4/c1-36-22-10-7-19(8-11-22)27-24-13-9-21(35)15-25(24)38-30-28(27)29-32-26(33-34(29)17-31-30)16-37-23-12-6-18-4-2-3-5-20(18)14-23/h2-15,17,27,35H,16H2,1H3/t27-/m0/s1. The smallest absolute Gasteiger partial charge is 0.228 e. The van der Waals surface area contributed by atoms with Gasteiger partial charge < -0.3 is 19.3 Å². The molecule has 7 rings (SSSR count). The molecular formula is C30H22N4O4. The van der Waals surface area contributed by atoms with Gasteiger partial charge in [0, 0.05) is 17.5 Å². The summed E-state index contributed by atoms with van der Waals surface area (Å²) < 4.78 is 19.2. The molecule has 0 radical (unpaired) electrons. The molecule has 0 amide bonds. The third kappa shape index (κ3) is 3.74. The first-order valence-electron chi connectivity index (χ1n) is 12.2. The van der Waals surface area contributed by atoms with Crippen molar-refractivity contribution in [1.29, 1.82) is 0 Å². The first kappa shape index (κ1) is 22.1. The van der Waals surface area contributed by atoms with Crippen LogP contribution < -0.4 is 14.2 Å². The zero-order valence-corrected chi connectivity index (χ0v) is 20.4. The molecule has 2 aromatic heterocycles. The first-order valence-corrected chi connectivity index (χ1v) is 12.2. The Morgan fingerprint density at radius 2 is 1.74 bits per heavy atom. The Labute approximate surface area is 217 Å². The van der Waals surface area contributed by atoms with E-state index >= 15 is 0 Å². The highest BCUT2D eigenvalue weighted by Gasteiger charge is 2.33. The lowest BCUT2D eigenvalue weighted by Gasteiger charge is -2.28. The number of ether oxygens (including phenoxy) is 3. The van der Waals surface area contributed by atoms with Gasteiger partial charge in [-0.15, -0.1) is 5.10 Å². The molecule has 38 heavy (non-hydrogen) atoms. The highest BCUT2D eigenvalue weighted by molar-refractivity contribution is 5.83. The predicted molar refractivity (Wildman–Crippen MR) is 141 cm³/mol. The molecule has 6 aromatic rings. The Kier molecular flexibility index (Phi) is 5.11. The number of aromatic hydroxyl groups is 1. The monoisotopic (exact) mass is 502 g/mol. The van der Waals surface area contributed by atoms with Gasteiger partial charge in [-0.3, -0.25) is 0 Å². The summed E-state index contributed by atoms with van der Waals surface area (Å²) in [6.45, 7) is 0.202. The normalized spacial score (nSPS) is 14.1. The number of phenolic OH excluding ortho intramolecular Hbond substituents is 1. The summed E-state index contributed by atoms with van der Waals surface area (Å²) in [5.74, 6) is 2.89. The molecule has 1 N–H and O–H groups in total. The van der Waals surface area contributed by atoms with Crippen LogP contribution in [0, 0.1) is 0 Å². The highest BCUT2D eigenvalue weighted by atomic mass is 16.5.